The fourth-order valence-corrected chi connectivity index (χ4v) is 0.383. The zero-order chi connectivity index (χ0) is 5.11. The summed E-state index contributed by atoms with van der Waals surface area (Å²) < 4.78 is 0. The molecule has 7 heavy (non-hydrogen) atoms. The van der Waals surface area contributed by atoms with Crippen molar-refractivity contribution in [3.63, 3.8) is 0 Å². The molecule has 0 aromatic rings. The zero-order valence-corrected chi connectivity index (χ0v) is 3.83. The number of aliphatic imine (C=N–C) groups is 1. The van der Waals surface area contributed by atoms with Gasteiger partial charge in [0.1, 0.15) is 0 Å². The van der Waals surface area contributed by atoms with Gasteiger partial charge in [0.15, 0.2) is 6.29 Å². The van der Waals surface area contributed by atoms with E-state index in [-0.39, 0.29) is 6.29 Å². The molecule has 0 spiro atoms. The summed E-state index contributed by atoms with van der Waals surface area (Å²) in [5.74, 6) is 0. The van der Waals surface area contributed by atoms with Crippen LogP contribution in [0.3, 0.4) is 0 Å². The number of allylic oxidation sites excluding steroid dienone is 1. The van der Waals surface area contributed by atoms with E-state index >= 15 is 0 Å². The molecule has 0 aromatic carbocycles. The second-order valence-corrected chi connectivity index (χ2v) is 1.27. The van der Waals surface area contributed by atoms with Crippen molar-refractivity contribution in [2.75, 3.05) is 0 Å². The smallest absolute Gasteiger partial charge is 0.170 e. The fourth-order valence-electron chi connectivity index (χ4n) is 0.383. The third kappa shape index (κ3) is 1.01. The first kappa shape index (κ1) is 4.33. The Morgan fingerprint density at radius 2 is 2.57 bits per heavy atom. The summed E-state index contributed by atoms with van der Waals surface area (Å²) in [7, 11) is 0. The van der Waals surface area contributed by atoms with E-state index in [1.807, 2.05) is 0 Å². The standard InChI is InChI=1S/C4H7N3/c5-4-6-2-1-3-7-4/h1-4,6H,5H2/t4-/m0/s1. The highest BCUT2D eigenvalue weighted by Gasteiger charge is 1.91. The van der Waals surface area contributed by atoms with Crippen molar-refractivity contribution in [1.29, 1.82) is 0 Å². The second kappa shape index (κ2) is 1.75. The molecule has 1 heterocycles. The van der Waals surface area contributed by atoms with Gasteiger partial charge in [0.25, 0.3) is 0 Å². The monoisotopic (exact) mass is 97.1 g/mol. The fraction of sp³-hybridized carbons (Fsp3) is 0.250. The molecule has 0 saturated heterocycles. The number of hydrogen-bond acceptors (Lipinski definition) is 3. The maximum atomic E-state index is 5.27. The maximum absolute atomic E-state index is 5.27. The van der Waals surface area contributed by atoms with Crippen LogP contribution in [0.25, 0.3) is 0 Å². The van der Waals surface area contributed by atoms with Crippen LogP contribution >= 0.6 is 0 Å². The van der Waals surface area contributed by atoms with Crippen LogP contribution in [0.5, 0.6) is 0 Å². The summed E-state index contributed by atoms with van der Waals surface area (Å²) in [6.07, 6.45) is 4.99. The SMILES string of the molecule is N[C@@H]1N=CC=CN1. The lowest BCUT2D eigenvalue weighted by atomic mass is 10.6. The van der Waals surface area contributed by atoms with Crippen molar-refractivity contribution in [2.24, 2.45) is 10.7 Å². The van der Waals surface area contributed by atoms with Crippen molar-refractivity contribution in [3.05, 3.63) is 12.3 Å². The lowest BCUT2D eigenvalue weighted by Crippen LogP contribution is -2.32. The van der Waals surface area contributed by atoms with Crippen molar-refractivity contribution in [2.45, 2.75) is 6.29 Å². The van der Waals surface area contributed by atoms with Crippen molar-refractivity contribution < 1.29 is 0 Å². The van der Waals surface area contributed by atoms with Crippen LogP contribution in [0.2, 0.25) is 0 Å². The minimum Gasteiger partial charge on any atom is -0.358 e. The van der Waals surface area contributed by atoms with Gasteiger partial charge in [0.2, 0.25) is 0 Å². The molecule has 1 rings (SSSR count). The number of hydrogen-bond donors (Lipinski definition) is 2. The summed E-state index contributed by atoms with van der Waals surface area (Å²) in [6, 6.07) is 0. The van der Waals surface area contributed by atoms with E-state index in [0.717, 1.165) is 0 Å². The summed E-state index contributed by atoms with van der Waals surface area (Å²) in [5.41, 5.74) is 5.27. The third-order valence-electron chi connectivity index (χ3n) is 0.696. The first-order chi connectivity index (χ1) is 3.39. The average Bonchev–Trinajstić information content (AvgIpc) is 1.69. The average molecular weight is 97.1 g/mol. The Kier molecular flexibility index (Phi) is 1.08. The molecule has 1 aliphatic heterocycles. The van der Waals surface area contributed by atoms with Gasteiger partial charge in [-0.25, -0.2) is 0 Å². The van der Waals surface area contributed by atoms with E-state index in [2.05, 4.69) is 10.3 Å². The number of nitrogens with two attached hydrogens (primary N) is 1. The van der Waals surface area contributed by atoms with E-state index in [0.29, 0.717) is 0 Å². The Balaban J connectivity index is 2.49. The van der Waals surface area contributed by atoms with E-state index in [1.165, 1.54) is 0 Å². The normalized spacial score (nSPS) is 27.3. The topological polar surface area (TPSA) is 50.4 Å². The van der Waals surface area contributed by atoms with Gasteiger partial charge in [0, 0.05) is 12.4 Å². The quantitative estimate of drug-likeness (QED) is 0.424. The number of nitrogens with one attached hydrogen (secondary N) is 1. The molecule has 3 nitrogen and oxygen atoms in total. The first-order valence-electron chi connectivity index (χ1n) is 2.09. The largest absolute Gasteiger partial charge is 0.358 e. The van der Waals surface area contributed by atoms with Crippen LogP contribution in [0.4, 0.5) is 0 Å². The Morgan fingerprint density at radius 3 is 2.86 bits per heavy atom. The molecule has 0 aliphatic carbocycles. The van der Waals surface area contributed by atoms with Crippen LogP contribution in [-0.4, -0.2) is 12.5 Å². The van der Waals surface area contributed by atoms with Gasteiger partial charge in [-0.1, -0.05) is 0 Å². The molecule has 1 atom stereocenters. The van der Waals surface area contributed by atoms with Gasteiger partial charge in [-0.3, -0.25) is 10.7 Å². The van der Waals surface area contributed by atoms with Gasteiger partial charge in [-0.15, -0.1) is 0 Å². The van der Waals surface area contributed by atoms with Crippen molar-refractivity contribution in [1.82, 2.24) is 5.32 Å². The zero-order valence-electron chi connectivity index (χ0n) is 3.83. The lowest BCUT2D eigenvalue weighted by molar-refractivity contribution is 0.639. The van der Waals surface area contributed by atoms with Gasteiger partial charge in [0.05, 0.1) is 0 Å². The predicted molar refractivity (Wildman–Crippen MR) is 28.7 cm³/mol. The van der Waals surface area contributed by atoms with Gasteiger partial charge in [-0.05, 0) is 6.08 Å². The van der Waals surface area contributed by atoms with E-state index in [1.54, 1.807) is 18.5 Å². The Bertz CT molecular complexity index is 106. The maximum Gasteiger partial charge on any atom is 0.170 e. The highest BCUT2D eigenvalue weighted by atomic mass is 15.2. The van der Waals surface area contributed by atoms with Crippen LogP contribution in [-0.2, 0) is 0 Å². The van der Waals surface area contributed by atoms with Crippen molar-refractivity contribution in [3.8, 4) is 0 Å². The molecule has 1 aliphatic rings. The highest BCUT2D eigenvalue weighted by Crippen LogP contribution is 1.79. The Hall–Kier alpha value is -0.830. The summed E-state index contributed by atoms with van der Waals surface area (Å²) in [6.45, 7) is 0. The highest BCUT2D eigenvalue weighted by molar-refractivity contribution is 5.71. The van der Waals surface area contributed by atoms with E-state index in [4.69, 9.17) is 5.73 Å². The second-order valence-electron chi connectivity index (χ2n) is 1.27. The number of rotatable bonds is 0. The van der Waals surface area contributed by atoms with Crippen LogP contribution in [0, 0.1) is 0 Å². The van der Waals surface area contributed by atoms with Gasteiger partial charge >= 0.3 is 0 Å². The minimum absolute atomic E-state index is 0.231. The molecule has 0 unspecified atom stereocenters. The third-order valence-corrected chi connectivity index (χ3v) is 0.696. The molecule has 3 heteroatoms. The Labute approximate surface area is 41.9 Å². The number of nitrogens with zero attached hydrogens (tertiary/aromatic N) is 1. The predicted octanol–water partition coefficient (Wildman–Crippen LogP) is -0.584. The summed E-state index contributed by atoms with van der Waals surface area (Å²) in [5, 5.41) is 2.78. The first-order valence-corrected chi connectivity index (χ1v) is 2.09. The van der Waals surface area contributed by atoms with E-state index < -0.39 is 0 Å². The van der Waals surface area contributed by atoms with Gasteiger partial charge in [-0.2, -0.15) is 0 Å². The molecule has 0 amide bonds. The van der Waals surface area contributed by atoms with E-state index in [9.17, 15) is 0 Å². The molecule has 3 N–H and O–H groups in total. The van der Waals surface area contributed by atoms with Crippen LogP contribution < -0.4 is 11.1 Å². The van der Waals surface area contributed by atoms with Crippen LogP contribution in [0.15, 0.2) is 17.3 Å². The Morgan fingerprint density at radius 1 is 1.71 bits per heavy atom. The lowest BCUT2D eigenvalue weighted by Gasteiger charge is -2.06. The molecule has 0 saturated carbocycles. The summed E-state index contributed by atoms with van der Waals surface area (Å²) >= 11 is 0. The molecule has 0 radical (unpaired) electrons. The minimum atomic E-state index is -0.231. The van der Waals surface area contributed by atoms with Crippen LogP contribution in [0.1, 0.15) is 0 Å². The summed E-state index contributed by atoms with van der Waals surface area (Å²) in [4.78, 5) is 3.78. The molecule has 0 fully saturated rings. The molecular formula is C4H7N3. The van der Waals surface area contributed by atoms with Crippen molar-refractivity contribution >= 4 is 6.21 Å². The molecule has 0 aromatic heterocycles. The van der Waals surface area contributed by atoms with Gasteiger partial charge < -0.3 is 5.32 Å². The molecular weight excluding hydrogens is 90.1 g/mol. The molecule has 0 bridgehead atoms. The molecule has 38 valence electrons.